The minimum atomic E-state index is 0.314. The second-order valence-electron chi connectivity index (χ2n) is 4.45. The third-order valence-corrected chi connectivity index (χ3v) is 4.28. The molecule has 3 N–H and O–H groups in total. The van der Waals surface area contributed by atoms with Crippen LogP contribution in [0, 0.1) is 6.92 Å². The molecule has 2 rings (SSSR count). The highest BCUT2D eigenvalue weighted by atomic mass is 79.9. The van der Waals surface area contributed by atoms with E-state index in [0.717, 1.165) is 27.0 Å². The molecule has 110 valence electrons. The largest absolute Gasteiger partial charge is 0.495 e. The first-order valence-corrected chi connectivity index (χ1v) is 7.71. The molecule has 0 saturated heterocycles. The van der Waals surface area contributed by atoms with Gasteiger partial charge in [-0.05, 0) is 46.6 Å². The van der Waals surface area contributed by atoms with Gasteiger partial charge in [0.15, 0.2) is 0 Å². The number of hydrogen-bond acceptors (Lipinski definition) is 3. The zero-order valence-corrected chi connectivity index (χ0v) is 14.7. The van der Waals surface area contributed by atoms with E-state index in [4.69, 9.17) is 34.3 Å². The number of hydrogen-bond donors (Lipinski definition) is 2. The molecule has 0 amide bonds. The average molecular weight is 386 g/mol. The fourth-order valence-corrected chi connectivity index (χ4v) is 3.04. The van der Waals surface area contributed by atoms with E-state index in [0.29, 0.717) is 15.8 Å². The van der Waals surface area contributed by atoms with Gasteiger partial charge >= 0.3 is 0 Å². The first-order chi connectivity index (χ1) is 9.93. The Kier molecular flexibility index (Phi) is 5.08. The lowest BCUT2D eigenvalue weighted by atomic mass is 10.1. The number of methoxy groups -OCH3 is 1. The molecular formula is C15H14BrClN2OS. The second kappa shape index (κ2) is 6.64. The molecule has 0 aromatic heterocycles. The number of aryl methyl sites for hydroxylation is 1. The Hall–Kier alpha value is -1.30. The summed E-state index contributed by atoms with van der Waals surface area (Å²) in [5, 5.41) is 3.96. The summed E-state index contributed by atoms with van der Waals surface area (Å²) >= 11 is 14.7. The molecule has 21 heavy (non-hydrogen) atoms. The molecule has 0 radical (unpaired) electrons. The number of rotatable bonds is 4. The quantitative estimate of drug-likeness (QED) is 0.742. The SMILES string of the molecule is COc1cc(Cl)c(C)cc1Nc1cccc(Br)c1C(N)=S. The van der Waals surface area contributed by atoms with Crippen LogP contribution in [-0.2, 0) is 0 Å². The first kappa shape index (κ1) is 16.1. The van der Waals surface area contributed by atoms with Gasteiger partial charge in [0.25, 0.3) is 0 Å². The maximum atomic E-state index is 6.12. The van der Waals surface area contributed by atoms with Crippen LogP contribution in [0.25, 0.3) is 0 Å². The summed E-state index contributed by atoms with van der Waals surface area (Å²) in [4.78, 5) is 0.314. The van der Waals surface area contributed by atoms with Gasteiger partial charge < -0.3 is 15.8 Å². The molecule has 3 nitrogen and oxygen atoms in total. The van der Waals surface area contributed by atoms with Gasteiger partial charge in [-0.3, -0.25) is 0 Å². The smallest absolute Gasteiger partial charge is 0.143 e. The second-order valence-corrected chi connectivity index (χ2v) is 6.15. The van der Waals surface area contributed by atoms with Gasteiger partial charge in [0.05, 0.1) is 12.8 Å². The van der Waals surface area contributed by atoms with Gasteiger partial charge in [-0.2, -0.15) is 0 Å². The van der Waals surface area contributed by atoms with Gasteiger partial charge in [-0.15, -0.1) is 0 Å². The van der Waals surface area contributed by atoms with E-state index in [-0.39, 0.29) is 0 Å². The average Bonchev–Trinajstić information content (AvgIpc) is 2.42. The molecule has 0 heterocycles. The Balaban J connectivity index is 2.50. The topological polar surface area (TPSA) is 47.3 Å². The molecule has 2 aromatic rings. The normalized spacial score (nSPS) is 10.3. The summed E-state index contributed by atoms with van der Waals surface area (Å²) < 4.78 is 6.20. The molecule has 0 aliphatic heterocycles. The van der Waals surface area contributed by atoms with Crippen molar-refractivity contribution in [2.45, 2.75) is 6.92 Å². The molecule has 0 aliphatic rings. The summed E-state index contributed by atoms with van der Waals surface area (Å²) in [5.41, 5.74) is 9.11. The van der Waals surface area contributed by atoms with Gasteiger partial charge in [-0.1, -0.05) is 29.9 Å². The molecule has 0 spiro atoms. The summed E-state index contributed by atoms with van der Waals surface area (Å²) in [6, 6.07) is 9.40. The maximum Gasteiger partial charge on any atom is 0.143 e. The summed E-state index contributed by atoms with van der Waals surface area (Å²) in [6.45, 7) is 1.93. The lowest BCUT2D eigenvalue weighted by Gasteiger charge is -2.16. The highest BCUT2D eigenvalue weighted by molar-refractivity contribution is 9.10. The Morgan fingerprint density at radius 2 is 2.05 bits per heavy atom. The molecule has 0 saturated carbocycles. The van der Waals surface area contributed by atoms with Crippen LogP contribution in [0.15, 0.2) is 34.8 Å². The van der Waals surface area contributed by atoms with E-state index < -0.39 is 0 Å². The van der Waals surface area contributed by atoms with Crippen LogP contribution >= 0.6 is 39.7 Å². The summed E-state index contributed by atoms with van der Waals surface area (Å²) in [7, 11) is 1.60. The Morgan fingerprint density at radius 1 is 1.33 bits per heavy atom. The fraction of sp³-hybridized carbons (Fsp3) is 0.133. The van der Waals surface area contributed by atoms with Crippen LogP contribution in [0.1, 0.15) is 11.1 Å². The molecule has 0 unspecified atom stereocenters. The Labute approximate surface area is 142 Å². The monoisotopic (exact) mass is 384 g/mol. The van der Waals surface area contributed by atoms with Gasteiger partial charge in [0.2, 0.25) is 0 Å². The molecule has 6 heteroatoms. The van der Waals surface area contributed by atoms with Crippen molar-refractivity contribution in [3.8, 4) is 5.75 Å². The molecule has 0 fully saturated rings. The predicted octanol–water partition coefficient (Wildman–Crippen LogP) is 4.80. The van der Waals surface area contributed by atoms with Crippen molar-refractivity contribution >= 4 is 56.1 Å². The van der Waals surface area contributed by atoms with Crippen LogP contribution in [0.4, 0.5) is 11.4 Å². The lowest BCUT2D eigenvalue weighted by Crippen LogP contribution is -2.13. The van der Waals surface area contributed by atoms with E-state index in [1.165, 1.54) is 0 Å². The first-order valence-electron chi connectivity index (χ1n) is 6.13. The number of anilines is 2. The van der Waals surface area contributed by atoms with E-state index in [9.17, 15) is 0 Å². The van der Waals surface area contributed by atoms with Crippen molar-refractivity contribution in [1.29, 1.82) is 0 Å². The van der Waals surface area contributed by atoms with Crippen LogP contribution in [0.2, 0.25) is 5.02 Å². The van der Waals surface area contributed by atoms with Crippen LogP contribution in [0.3, 0.4) is 0 Å². The van der Waals surface area contributed by atoms with Gasteiger partial charge in [-0.25, -0.2) is 0 Å². The third-order valence-electron chi connectivity index (χ3n) is 3.01. The van der Waals surface area contributed by atoms with Crippen molar-refractivity contribution < 1.29 is 4.74 Å². The number of benzene rings is 2. The summed E-state index contributed by atoms with van der Waals surface area (Å²) in [5.74, 6) is 0.652. The number of thiocarbonyl (C=S) groups is 1. The molecular weight excluding hydrogens is 372 g/mol. The van der Waals surface area contributed by atoms with E-state index >= 15 is 0 Å². The van der Waals surface area contributed by atoms with Crippen molar-refractivity contribution in [2.75, 3.05) is 12.4 Å². The molecule has 2 aromatic carbocycles. The standard InChI is InChI=1S/C15H14BrClN2OS/c1-8-6-12(13(20-2)7-10(8)17)19-11-5-3-4-9(16)14(11)15(18)21/h3-7,19H,1-2H3,(H2,18,21). The minimum absolute atomic E-state index is 0.314. The summed E-state index contributed by atoms with van der Waals surface area (Å²) in [6.07, 6.45) is 0. The number of nitrogens with one attached hydrogen (secondary N) is 1. The van der Waals surface area contributed by atoms with Crippen LogP contribution < -0.4 is 15.8 Å². The van der Waals surface area contributed by atoms with Crippen molar-refractivity contribution in [1.82, 2.24) is 0 Å². The number of nitrogens with two attached hydrogens (primary N) is 1. The van der Waals surface area contributed by atoms with Gasteiger partial charge in [0, 0.05) is 26.8 Å². The number of halogens is 2. The van der Waals surface area contributed by atoms with Crippen LogP contribution in [-0.4, -0.2) is 12.1 Å². The number of ether oxygens (including phenoxy) is 1. The highest BCUT2D eigenvalue weighted by Crippen LogP contribution is 2.35. The third kappa shape index (κ3) is 3.48. The minimum Gasteiger partial charge on any atom is -0.495 e. The Bertz CT molecular complexity index is 706. The zero-order chi connectivity index (χ0) is 15.6. The highest BCUT2D eigenvalue weighted by Gasteiger charge is 2.13. The fourth-order valence-electron chi connectivity index (χ4n) is 1.95. The maximum absolute atomic E-state index is 6.12. The Morgan fingerprint density at radius 3 is 2.67 bits per heavy atom. The van der Waals surface area contributed by atoms with E-state index in [1.807, 2.05) is 31.2 Å². The van der Waals surface area contributed by atoms with Gasteiger partial charge in [0.1, 0.15) is 10.7 Å². The van der Waals surface area contributed by atoms with Crippen molar-refractivity contribution in [2.24, 2.45) is 5.73 Å². The molecule has 0 aliphatic carbocycles. The van der Waals surface area contributed by atoms with Crippen molar-refractivity contribution in [3.63, 3.8) is 0 Å². The lowest BCUT2D eigenvalue weighted by molar-refractivity contribution is 0.417. The van der Waals surface area contributed by atoms with E-state index in [2.05, 4.69) is 21.2 Å². The predicted molar refractivity (Wildman–Crippen MR) is 96.1 cm³/mol. The van der Waals surface area contributed by atoms with E-state index in [1.54, 1.807) is 13.2 Å². The zero-order valence-electron chi connectivity index (χ0n) is 11.5. The van der Waals surface area contributed by atoms with Crippen molar-refractivity contribution in [3.05, 3.63) is 51.0 Å². The molecule has 0 atom stereocenters. The van der Waals surface area contributed by atoms with Crippen LogP contribution in [0.5, 0.6) is 5.75 Å². The molecule has 0 bridgehead atoms.